The van der Waals surface area contributed by atoms with Crippen LogP contribution < -0.4 is 0 Å². The van der Waals surface area contributed by atoms with E-state index in [1.165, 1.54) is 0 Å². The van der Waals surface area contributed by atoms with Gasteiger partial charge in [-0.05, 0) is 7.05 Å². The van der Waals surface area contributed by atoms with Crippen molar-refractivity contribution in [2.45, 2.75) is 0 Å². The monoisotopic (exact) mass is 240 g/mol. The third-order valence-electron chi connectivity index (χ3n) is 1.86. The second-order valence-corrected chi connectivity index (χ2v) is 3.05. The first kappa shape index (κ1) is 12.5. The summed E-state index contributed by atoms with van der Waals surface area (Å²) >= 11 is 0. The van der Waals surface area contributed by atoms with Crippen molar-refractivity contribution in [3.8, 4) is 0 Å². The van der Waals surface area contributed by atoms with E-state index in [2.05, 4.69) is 0 Å². The van der Waals surface area contributed by atoms with Crippen molar-refractivity contribution >= 4 is 17.3 Å². The van der Waals surface area contributed by atoms with Crippen molar-refractivity contribution in [3.63, 3.8) is 0 Å². The highest BCUT2D eigenvalue weighted by Gasteiger charge is 2.19. The molecular weight excluding hydrogens is 234 g/mol. The van der Waals surface area contributed by atoms with Crippen LogP contribution in [0.15, 0.2) is 18.2 Å². The molecule has 1 aromatic carbocycles. The van der Waals surface area contributed by atoms with Crippen molar-refractivity contribution in [1.82, 2.24) is 5.06 Å². The molecule has 0 spiro atoms. The molecular formula is C8H6N3O6-. The number of rotatable bonds is 3. The van der Waals surface area contributed by atoms with Crippen LogP contribution in [0.3, 0.4) is 0 Å². The Balaban J connectivity index is 3.36. The molecule has 1 rings (SSSR count). The average Bonchev–Trinajstić information content (AvgIpc) is 2.27. The van der Waals surface area contributed by atoms with E-state index < -0.39 is 32.7 Å². The summed E-state index contributed by atoms with van der Waals surface area (Å²) in [5.74, 6) is -1.09. The number of benzene rings is 1. The highest BCUT2D eigenvalue weighted by atomic mass is 16.6. The number of carbonyl (C=O) groups is 1. The lowest BCUT2D eigenvalue weighted by atomic mass is 10.1. The maximum atomic E-state index is 11.3. The molecule has 0 radical (unpaired) electrons. The second kappa shape index (κ2) is 4.53. The Hall–Kier alpha value is -2.55. The van der Waals surface area contributed by atoms with Gasteiger partial charge in [0.15, 0.2) is 0 Å². The first-order valence-corrected chi connectivity index (χ1v) is 4.22. The van der Waals surface area contributed by atoms with E-state index in [4.69, 9.17) is 0 Å². The third kappa shape index (κ3) is 2.72. The Morgan fingerprint density at radius 1 is 1.12 bits per heavy atom. The van der Waals surface area contributed by atoms with Gasteiger partial charge in [-0.15, -0.1) is 0 Å². The number of nitro groups is 2. The molecule has 0 heterocycles. The molecule has 1 aromatic rings. The van der Waals surface area contributed by atoms with E-state index in [0.717, 1.165) is 19.2 Å². The zero-order valence-corrected chi connectivity index (χ0v) is 8.52. The zero-order chi connectivity index (χ0) is 13.2. The van der Waals surface area contributed by atoms with E-state index in [1.54, 1.807) is 0 Å². The smallest absolute Gasteiger partial charge is 0.277 e. The second-order valence-electron chi connectivity index (χ2n) is 3.05. The van der Waals surface area contributed by atoms with Crippen molar-refractivity contribution in [3.05, 3.63) is 49.2 Å². The Morgan fingerprint density at radius 3 is 1.82 bits per heavy atom. The maximum absolute atomic E-state index is 11.3. The molecule has 0 atom stereocenters. The van der Waals surface area contributed by atoms with Gasteiger partial charge in [-0.25, -0.2) is 0 Å². The number of nitro benzene ring substituents is 2. The summed E-state index contributed by atoms with van der Waals surface area (Å²) in [4.78, 5) is 30.5. The molecule has 0 aromatic heterocycles. The van der Waals surface area contributed by atoms with Crippen LogP contribution in [0, 0.1) is 25.4 Å². The van der Waals surface area contributed by atoms with Crippen molar-refractivity contribution in [1.29, 1.82) is 0 Å². The highest BCUT2D eigenvalue weighted by molar-refractivity contribution is 5.95. The molecule has 9 nitrogen and oxygen atoms in total. The Labute approximate surface area is 94.1 Å². The molecule has 0 unspecified atom stereocenters. The van der Waals surface area contributed by atoms with Crippen LogP contribution in [0.25, 0.3) is 0 Å². The third-order valence-corrected chi connectivity index (χ3v) is 1.86. The van der Waals surface area contributed by atoms with E-state index in [0.29, 0.717) is 6.07 Å². The number of carbonyl (C=O) groups excluding carboxylic acids is 1. The summed E-state index contributed by atoms with van der Waals surface area (Å²) in [5, 5.41) is 31.7. The minimum Gasteiger partial charge on any atom is -0.756 e. The van der Waals surface area contributed by atoms with Crippen LogP contribution in [0.2, 0.25) is 0 Å². The number of hydrogen-bond donors (Lipinski definition) is 0. The van der Waals surface area contributed by atoms with Gasteiger partial charge >= 0.3 is 0 Å². The molecule has 0 aliphatic carbocycles. The van der Waals surface area contributed by atoms with Crippen molar-refractivity contribution < 1.29 is 14.6 Å². The lowest BCUT2D eigenvalue weighted by molar-refractivity contribution is -0.394. The summed E-state index contributed by atoms with van der Waals surface area (Å²) in [6.07, 6.45) is 0. The summed E-state index contributed by atoms with van der Waals surface area (Å²) in [7, 11) is 0.896. The Morgan fingerprint density at radius 2 is 1.53 bits per heavy atom. The molecule has 0 aliphatic heterocycles. The molecule has 0 N–H and O–H groups in total. The molecule has 0 saturated carbocycles. The van der Waals surface area contributed by atoms with Crippen LogP contribution >= 0.6 is 0 Å². The Kier molecular flexibility index (Phi) is 3.34. The number of non-ortho nitro benzene ring substituents is 2. The lowest BCUT2D eigenvalue weighted by Gasteiger charge is -2.21. The van der Waals surface area contributed by atoms with Gasteiger partial charge in [0, 0.05) is 12.1 Å². The summed E-state index contributed by atoms with van der Waals surface area (Å²) in [6.45, 7) is 0. The fourth-order valence-corrected chi connectivity index (χ4v) is 1.11. The molecule has 0 bridgehead atoms. The number of nitrogens with zero attached hydrogens (tertiary/aromatic N) is 3. The van der Waals surface area contributed by atoms with E-state index in [1.807, 2.05) is 0 Å². The van der Waals surface area contributed by atoms with E-state index in [9.17, 15) is 30.2 Å². The van der Waals surface area contributed by atoms with Crippen LogP contribution in [-0.2, 0) is 0 Å². The first-order valence-electron chi connectivity index (χ1n) is 4.22. The minimum atomic E-state index is -1.09. The van der Waals surface area contributed by atoms with Crippen molar-refractivity contribution in [2.24, 2.45) is 0 Å². The van der Waals surface area contributed by atoms with Crippen molar-refractivity contribution in [2.75, 3.05) is 7.05 Å². The normalized spacial score (nSPS) is 9.76. The number of hydroxylamine groups is 2. The maximum Gasteiger partial charge on any atom is 0.277 e. The van der Waals surface area contributed by atoms with Crippen LogP contribution in [0.4, 0.5) is 11.4 Å². The fraction of sp³-hybridized carbons (Fsp3) is 0.125. The quantitative estimate of drug-likeness (QED) is 0.573. The van der Waals surface area contributed by atoms with Crippen LogP contribution in [0.5, 0.6) is 0 Å². The molecule has 9 heteroatoms. The summed E-state index contributed by atoms with van der Waals surface area (Å²) in [5.41, 5.74) is -1.64. The summed E-state index contributed by atoms with van der Waals surface area (Å²) < 4.78 is 0. The molecule has 0 saturated heterocycles. The predicted molar refractivity (Wildman–Crippen MR) is 55.2 cm³/mol. The zero-order valence-electron chi connectivity index (χ0n) is 8.52. The molecule has 1 amide bonds. The SMILES string of the molecule is CN([O-])C(=O)c1cc([N+](=O)[O-])cc([N+](=O)[O-])c1. The highest BCUT2D eigenvalue weighted by Crippen LogP contribution is 2.23. The van der Waals surface area contributed by atoms with Gasteiger partial charge < -0.3 is 10.3 Å². The first-order chi connectivity index (χ1) is 7.82. The predicted octanol–water partition coefficient (Wildman–Crippen LogP) is 1.07. The van der Waals surface area contributed by atoms with E-state index >= 15 is 0 Å². The van der Waals surface area contributed by atoms with Gasteiger partial charge in [0.05, 0.1) is 21.5 Å². The van der Waals surface area contributed by atoms with Crippen LogP contribution in [-0.4, -0.2) is 27.9 Å². The molecule has 0 fully saturated rings. The van der Waals surface area contributed by atoms with Gasteiger partial charge in [-0.2, -0.15) is 0 Å². The standard InChI is InChI=1S/C8H6N3O6/c1-9(13)8(12)5-2-6(10(14)15)4-7(3-5)11(16)17/h2-4H,1H3/q-1. The van der Waals surface area contributed by atoms with Gasteiger partial charge in [0.1, 0.15) is 0 Å². The molecule has 0 aliphatic rings. The molecule has 17 heavy (non-hydrogen) atoms. The number of hydrogen-bond acceptors (Lipinski definition) is 6. The van der Waals surface area contributed by atoms with E-state index in [-0.39, 0.29) is 5.06 Å². The Bertz CT molecular complexity index is 466. The summed E-state index contributed by atoms with van der Waals surface area (Å²) in [6, 6.07) is 2.33. The molecule has 90 valence electrons. The van der Waals surface area contributed by atoms with Gasteiger partial charge in [-0.3, -0.25) is 25.0 Å². The number of amides is 1. The van der Waals surface area contributed by atoms with Gasteiger partial charge in [0.2, 0.25) is 5.91 Å². The minimum absolute atomic E-state index is 0.0667. The average molecular weight is 240 g/mol. The van der Waals surface area contributed by atoms with Gasteiger partial charge in [-0.1, -0.05) is 0 Å². The fourth-order valence-electron chi connectivity index (χ4n) is 1.11. The van der Waals surface area contributed by atoms with Crippen LogP contribution in [0.1, 0.15) is 10.4 Å². The lowest BCUT2D eigenvalue weighted by Crippen LogP contribution is -2.20. The van der Waals surface area contributed by atoms with Gasteiger partial charge in [0.25, 0.3) is 11.4 Å². The topological polar surface area (TPSA) is 130 Å². The largest absolute Gasteiger partial charge is 0.756 e.